The number of pyridine rings is 4. The summed E-state index contributed by atoms with van der Waals surface area (Å²) in [6, 6.07) is 7.55. The first-order valence-electron chi connectivity index (χ1n) is 35.5. The van der Waals surface area contributed by atoms with Crippen LogP contribution in [-0.4, -0.2) is 366 Å². The minimum atomic E-state index is -0.807. The van der Waals surface area contributed by atoms with Crippen molar-refractivity contribution in [2.75, 3.05) is 62.2 Å². The number of piperazine rings is 2. The number of halogens is 1. The van der Waals surface area contributed by atoms with Crippen LogP contribution in [0.5, 0.6) is 0 Å². The van der Waals surface area contributed by atoms with Gasteiger partial charge in [-0.1, -0.05) is 11.6 Å². The molecule has 0 bridgehead atoms. The number of rotatable bonds is 21. The van der Waals surface area contributed by atoms with Gasteiger partial charge in [0, 0.05) is 335 Å². The van der Waals surface area contributed by atoms with E-state index in [1.54, 1.807) is 34.5 Å². The molecule has 2 saturated heterocycles. The van der Waals surface area contributed by atoms with Crippen molar-refractivity contribution in [2.45, 2.75) is 111 Å². The van der Waals surface area contributed by atoms with E-state index in [4.69, 9.17) is 185 Å². The molecule has 7 aromatic heterocycles. The molecule has 37 radical (unpaired) electrons. The van der Waals surface area contributed by atoms with E-state index in [0.717, 1.165) is 87.4 Å². The third kappa shape index (κ3) is 23.6. The molecule has 9 heterocycles. The van der Waals surface area contributed by atoms with Gasteiger partial charge >= 0.3 is 12.2 Å². The fourth-order valence-electron chi connectivity index (χ4n) is 13.0. The maximum absolute atomic E-state index is 12.7. The largest absolute Gasteiger partial charge is 0.445 e. The van der Waals surface area contributed by atoms with Gasteiger partial charge in [0.25, 0.3) is 0 Å². The Balaban J connectivity index is 0.000000193. The molecular weight excluding hydrogens is 1300 g/mol. The van der Waals surface area contributed by atoms with Gasteiger partial charge in [0.15, 0.2) is 11.6 Å². The first kappa shape index (κ1) is 86.7. The topological polar surface area (TPSA) is 195 Å². The van der Waals surface area contributed by atoms with E-state index in [1.807, 2.05) is 92.2 Å². The normalized spacial score (nSPS) is 14.1. The van der Waals surface area contributed by atoms with E-state index < -0.39 is 101 Å². The zero-order valence-corrected chi connectivity index (χ0v) is 62.7. The van der Waals surface area contributed by atoms with Crippen LogP contribution >= 0.6 is 11.6 Å². The molecule has 4 aliphatic rings. The van der Waals surface area contributed by atoms with E-state index in [1.165, 1.54) is 18.2 Å². The Bertz CT molecular complexity index is 4030. The van der Waals surface area contributed by atoms with Crippen LogP contribution in [0.1, 0.15) is 113 Å². The van der Waals surface area contributed by atoms with E-state index in [0.29, 0.717) is 93.3 Å². The SMILES string of the molecule is CC(C)(C)OC(=O)N1CCN(c2nc(-c3ccnc(Cl)c3)nc3cncc(C4CC4)c23)CC1.Cc1nc(Cc2cc(-c3nc(N4CCN(C(=O)OC(C)(C)C)CC4)c4c(C5CC5)cncc4n3)ccn2)oc1C.[B]B([B])B([B])B(B([B])[B])B(B([B])[B])B([B])[B].[B][B]B(B([B])[B])B(B([B])[B])B(B([B])[B])B([B])[B]. The van der Waals surface area contributed by atoms with Crippen LogP contribution in [0, 0.1) is 13.8 Å². The number of fused-ring (bicyclic) bond motifs is 2. The second-order valence-corrected chi connectivity index (χ2v) is 29.9. The van der Waals surface area contributed by atoms with Crippen molar-refractivity contribution in [1.82, 2.24) is 54.7 Å². The minimum absolute atomic E-state index is 0.273. The Morgan fingerprint density at radius 2 is 0.934 bits per heavy atom. The van der Waals surface area contributed by atoms with Crippen molar-refractivity contribution < 1.29 is 23.5 Å². The number of oxazole rings is 1. The number of aryl methyl sites for hydroxylation is 2. The number of hydrogen-bond acceptors (Lipinski definition) is 16. The highest BCUT2D eigenvalue weighted by molar-refractivity contribution is 8.15. The number of aromatic nitrogens is 9. The first-order chi connectivity index (χ1) is 49.9. The van der Waals surface area contributed by atoms with Gasteiger partial charge in [0.05, 0.1) is 41.2 Å². The van der Waals surface area contributed by atoms with Crippen molar-refractivity contribution in [3.63, 3.8) is 0 Å². The Morgan fingerprint density at radius 1 is 0.528 bits per heavy atom. The number of hydrogen-bond donors (Lipinski definition) is 0. The van der Waals surface area contributed by atoms with Gasteiger partial charge in [-0.15, -0.1) is 0 Å². The molecule has 0 aromatic carbocycles. The lowest BCUT2D eigenvalue weighted by Gasteiger charge is -2.38. The van der Waals surface area contributed by atoms with Gasteiger partial charge in [0.2, 0.25) is 5.89 Å². The summed E-state index contributed by atoms with van der Waals surface area (Å²) in [4.78, 5) is 75.3. The molecule has 52 heteroatoms. The molecule has 0 unspecified atom stereocenters. The molecule has 2 aliphatic carbocycles. The number of amides is 2. The van der Waals surface area contributed by atoms with E-state index in [9.17, 15) is 9.59 Å². The quantitative estimate of drug-likeness (QED) is 0.0534. The lowest BCUT2D eigenvalue weighted by atomic mass is 8.43. The van der Waals surface area contributed by atoms with Crippen LogP contribution in [0.4, 0.5) is 21.2 Å². The lowest BCUT2D eigenvalue weighted by Crippen LogP contribution is -2.76. The van der Waals surface area contributed by atoms with E-state index in [-0.39, 0.29) is 12.2 Å². The third-order valence-corrected chi connectivity index (χ3v) is 19.0. The van der Waals surface area contributed by atoms with Gasteiger partial charge in [-0.3, -0.25) is 15.0 Å². The molecule has 2 saturated carbocycles. The van der Waals surface area contributed by atoms with Crippen molar-refractivity contribution >= 4 is 293 Å². The van der Waals surface area contributed by atoms with Crippen molar-refractivity contribution in [3.8, 4) is 22.8 Å². The Hall–Kier alpha value is -4.94. The van der Waals surface area contributed by atoms with Crippen molar-refractivity contribution in [3.05, 3.63) is 101 Å². The summed E-state index contributed by atoms with van der Waals surface area (Å²) in [5.74, 6) is 5.45. The summed E-state index contributed by atoms with van der Waals surface area (Å²) >= 11 is 6.13. The Kier molecular flexibility index (Phi) is 31.3. The monoisotopic (exact) mass is 1370 g/mol. The lowest BCUT2D eigenvalue weighted by molar-refractivity contribution is 0.0230. The highest BCUT2D eigenvalue weighted by Gasteiger charge is 2.42. The first-order valence-corrected chi connectivity index (χ1v) is 35.9. The summed E-state index contributed by atoms with van der Waals surface area (Å²) in [5, 5.41) is 2.52. The molecule has 2 amide bonds. The molecule has 0 spiro atoms. The maximum Gasteiger partial charge on any atom is 0.410 e. The van der Waals surface area contributed by atoms with E-state index in [2.05, 4.69) is 34.7 Å². The summed E-state index contributed by atoms with van der Waals surface area (Å²) in [7, 11) is 102. The average Bonchev–Trinajstić information content (AvgIpc) is 1.65. The number of nitrogens with zero attached hydrogens (tertiary/aromatic N) is 13. The van der Waals surface area contributed by atoms with Gasteiger partial charge in [-0.25, -0.2) is 39.5 Å². The van der Waals surface area contributed by atoms with Crippen LogP contribution in [-0.2, 0) is 15.9 Å². The van der Waals surface area contributed by atoms with Crippen molar-refractivity contribution in [1.29, 1.82) is 0 Å². The zero-order valence-electron chi connectivity index (χ0n) is 61.9. The van der Waals surface area contributed by atoms with Gasteiger partial charge in [0.1, 0.15) is 33.8 Å². The van der Waals surface area contributed by atoms with Gasteiger partial charge in [-0.05, 0) is 128 Å². The fraction of sp³-hybridized carbons (Fsp3) is 0.463. The van der Waals surface area contributed by atoms with Gasteiger partial charge in [-0.2, -0.15) is 0 Å². The van der Waals surface area contributed by atoms with Crippen LogP contribution < -0.4 is 9.80 Å². The van der Waals surface area contributed by atoms with E-state index >= 15 is 0 Å². The Morgan fingerprint density at radius 3 is 1.28 bits per heavy atom. The predicted octanol–water partition coefficient (Wildman–Crippen LogP) is -2.67. The predicted molar refractivity (Wildman–Crippen MR) is 469 cm³/mol. The highest BCUT2D eigenvalue weighted by Crippen LogP contribution is 2.46. The molecule has 0 N–H and O–H groups in total. The molecular formula is C54H62B33ClN13O5. The minimum Gasteiger partial charge on any atom is -0.445 e. The number of carbonyl (C=O) groups is 2. The molecule has 106 heavy (non-hydrogen) atoms. The fourth-order valence-corrected chi connectivity index (χ4v) is 13.2. The van der Waals surface area contributed by atoms with Crippen LogP contribution in [0.25, 0.3) is 44.6 Å². The second kappa shape index (κ2) is 38.3. The summed E-state index contributed by atoms with van der Waals surface area (Å²) in [6.07, 6.45) is 5.87. The molecule has 0 atom stereocenters. The number of anilines is 2. The number of ether oxygens (including phenoxy) is 2. The highest BCUT2D eigenvalue weighted by atomic mass is 35.5. The zero-order chi connectivity index (χ0) is 78.0. The summed E-state index contributed by atoms with van der Waals surface area (Å²) in [5.41, 5.74) is 6.43. The standard InChI is InChI=1S/C30H35N7O3.C24H27ClN6O2.B17.B16/c1-18-19(2)39-25(33-18)15-22-14-21(8-9-32-22)27-34-24-17-31-16-23(20-6-7-20)26(24)28(35-27)36-10-12-37(13-11-36)29(38)40-30(3,4)5;1-24(2,3)33-23(32)31-10-8-30(9-11-31)22-20-17(15-4-5-15)13-26-14-18(20)28-21(29-22)16-6-7-27-19(25)12-16;1-10-15(11(2)3)17(14(8)9)16(12(4)5)13(6)7;1-10(2)14(9)16(13(7)8)15(11(3)4)12(5)6/h8-9,14,16-17,20H,6-7,10-13,15H2,1-5H3;6-7,12-15H,4-5,8-11H2,1-3H3;;. The summed E-state index contributed by atoms with van der Waals surface area (Å²) < 4.78 is 16.9. The molecule has 11 rings (SSSR count). The van der Waals surface area contributed by atoms with Crippen LogP contribution in [0.3, 0.4) is 0 Å². The third-order valence-electron chi connectivity index (χ3n) is 18.8. The van der Waals surface area contributed by atoms with Crippen molar-refractivity contribution in [2.24, 2.45) is 0 Å². The molecule has 18 nitrogen and oxygen atoms in total. The molecule has 4 fully saturated rings. The Labute approximate surface area is 662 Å². The summed E-state index contributed by atoms with van der Waals surface area (Å²) in [6.45, 7) is 20.1. The number of carbonyl (C=O) groups excluding carboxylic acids is 2. The molecule has 479 valence electrons. The van der Waals surface area contributed by atoms with Gasteiger partial charge < -0.3 is 33.5 Å². The van der Waals surface area contributed by atoms with Crippen LogP contribution in [0.15, 0.2) is 65.9 Å². The maximum atomic E-state index is 12.7. The second-order valence-electron chi connectivity index (χ2n) is 29.5. The molecule has 7 aromatic rings. The molecule has 2 aliphatic heterocycles. The van der Waals surface area contributed by atoms with Crippen LogP contribution in [0.2, 0.25) is 5.15 Å². The average molecular weight is 1370 g/mol. The smallest absolute Gasteiger partial charge is 0.410 e.